The first kappa shape index (κ1) is 13.6. The molecule has 4 heteroatoms. The van der Waals surface area contributed by atoms with Crippen LogP contribution in [0.4, 0.5) is 5.69 Å². The lowest BCUT2D eigenvalue weighted by atomic mass is 9.76. The van der Waals surface area contributed by atoms with Gasteiger partial charge in [0.25, 0.3) is 0 Å². The molecule has 106 valence electrons. The van der Waals surface area contributed by atoms with Crippen LogP contribution >= 0.6 is 11.6 Å². The molecule has 1 aromatic rings. The summed E-state index contributed by atoms with van der Waals surface area (Å²) in [5.74, 6) is 0.165. The van der Waals surface area contributed by atoms with Gasteiger partial charge in [-0.15, -0.1) is 0 Å². The average Bonchev–Trinajstić information content (AvgIpc) is 2.65. The Balaban J connectivity index is 1.96. The van der Waals surface area contributed by atoms with E-state index in [1.165, 1.54) is 4.90 Å². The van der Waals surface area contributed by atoms with Crippen LogP contribution in [0.1, 0.15) is 31.7 Å². The van der Waals surface area contributed by atoms with E-state index >= 15 is 0 Å². The number of halogens is 1. The maximum Gasteiger partial charge on any atom is 0.237 e. The molecule has 0 spiro atoms. The van der Waals surface area contributed by atoms with E-state index in [0.29, 0.717) is 16.6 Å². The van der Waals surface area contributed by atoms with E-state index < -0.39 is 0 Å². The quantitative estimate of drug-likeness (QED) is 0.742. The van der Waals surface area contributed by atoms with Crippen molar-refractivity contribution in [2.75, 3.05) is 4.90 Å². The molecular weight excluding hydrogens is 274 g/mol. The molecule has 0 radical (unpaired) electrons. The third-order valence-corrected chi connectivity index (χ3v) is 5.01. The number of benzene rings is 1. The van der Waals surface area contributed by atoms with Crippen LogP contribution < -0.4 is 4.90 Å². The number of carbonyl (C=O) groups is 2. The molecule has 2 fully saturated rings. The predicted molar refractivity (Wildman–Crippen MR) is 78.7 cm³/mol. The second kappa shape index (κ2) is 4.88. The Kier molecular flexibility index (Phi) is 3.33. The molecule has 20 heavy (non-hydrogen) atoms. The highest BCUT2D eigenvalue weighted by Crippen LogP contribution is 2.42. The van der Waals surface area contributed by atoms with Crippen LogP contribution in [0.3, 0.4) is 0 Å². The van der Waals surface area contributed by atoms with Gasteiger partial charge < -0.3 is 0 Å². The molecule has 2 amide bonds. The Morgan fingerprint density at radius 3 is 2.55 bits per heavy atom. The fraction of sp³-hybridized carbons (Fsp3) is 0.500. The van der Waals surface area contributed by atoms with Gasteiger partial charge in [-0.1, -0.05) is 24.6 Å². The lowest BCUT2D eigenvalue weighted by Gasteiger charge is -2.25. The first-order valence-electron chi connectivity index (χ1n) is 7.13. The summed E-state index contributed by atoms with van der Waals surface area (Å²) >= 11 is 6.11. The van der Waals surface area contributed by atoms with Gasteiger partial charge in [0.1, 0.15) is 0 Å². The molecule has 0 aromatic heterocycles. The molecular formula is C16H18ClNO2. The highest BCUT2D eigenvalue weighted by Gasteiger charge is 2.49. The van der Waals surface area contributed by atoms with Crippen molar-refractivity contribution >= 4 is 29.1 Å². The SMILES string of the molecule is Cc1ccc(N2C(=O)[C@H]3CC[C@@H](C)C[C@@H]3C2=O)cc1Cl. The Labute approximate surface area is 123 Å². The summed E-state index contributed by atoms with van der Waals surface area (Å²) in [7, 11) is 0. The Morgan fingerprint density at radius 1 is 1.15 bits per heavy atom. The van der Waals surface area contributed by atoms with Gasteiger partial charge in [0, 0.05) is 5.02 Å². The highest BCUT2D eigenvalue weighted by atomic mass is 35.5. The molecule has 2 aliphatic rings. The van der Waals surface area contributed by atoms with Gasteiger partial charge in [-0.25, -0.2) is 0 Å². The molecule has 3 rings (SSSR count). The van der Waals surface area contributed by atoms with Crippen LogP contribution in [0.5, 0.6) is 0 Å². The molecule has 1 aromatic carbocycles. The number of rotatable bonds is 1. The summed E-state index contributed by atoms with van der Waals surface area (Å²) in [4.78, 5) is 26.4. The van der Waals surface area contributed by atoms with Gasteiger partial charge in [0.2, 0.25) is 11.8 Å². The lowest BCUT2D eigenvalue weighted by Crippen LogP contribution is -2.30. The van der Waals surface area contributed by atoms with Crippen molar-refractivity contribution in [3.63, 3.8) is 0 Å². The third-order valence-electron chi connectivity index (χ3n) is 4.60. The molecule has 1 aliphatic carbocycles. The van der Waals surface area contributed by atoms with Gasteiger partial charge in [0.15, 0.2) is 0 Å². The fourth-order valence-electron chi connectivity index (χ4n) is 3.36. The summed E-state index contributed by atoms with van der Waals surface area (Å²) in [5, 5.41) is 0.589. The van der Waals surface area contributed by atoms with E-state index in [1.54, 1.807) is 12.1 Å². The highest BCUT2D eigenvalue weighted by molar-refractivity contribution is 6.32. The lowest BCUT2D eigenvalue weighted by molar-refractivity contribution is -0.122. The van der Waals surface area contributed by atoms with Crippen molar-refractivity contribution in [2.45, 2.75) is 33.1 Å². The maximum absolute atomic E-state index is 12.6. The van der Waals surface area contributed by atoms with Gasteiger partial charge in [-0.3, -0.25) is 14.5 Å². The smallest absolute Gasteiger partial charge is 0.237 e. The molecule has 3 nitrogen and oxygen atoms in total. The first-order chi connectivity index (χ1) is 9.49. The van der Waals surface area contributed by atoms with Gasteiger partial charge >= 0.3 is 0 Å². The van der Waals surface area contributed by atoms with E-state index in [9.17, 15) is 9.59 Å². The Morgan fingerprint density at radius 2 is 1.85 bits per heavy atom. The average molecular weight is 292 g/mol. The van der Waals surface area contributed by atoms with Gasteiger partial charge in [-0.2, -0.15) is 0 Å². The molecule has 1 aliphatic heterocycles. The second-order valence-corrected chi connectivity index (χ2v) is 6.48. The standard InChI is InChI=1S/C16H18ClNO2/c1-9-3-6-12-13(7-9)16(20)18(15(12)19)11-5-4-10(2)14(17)8-11/h4-5,8-9,12-13H,3,6-7H2,1-2H3/t9-,12+,13+/m1/s1. The minimum Gasteiger partial charge on any atom is -0.274 e. The van der Waals surface area contributed by atoms with Crippen molar-refractivity contribution < 1.29 is 9.59 Å². The molecule has 1 saturated heterocycles. The molecule has 3 atom stereocenters. The summed E-state index contributed by atoms with van der Waals surface area (Å²) in [6, 6.07) is 5.37. The largest absolute Gasteiger partial charge is 0.274 e. The van der Waals surface area contributed by atoms with Gasteiger partial charge in [-0.05, 0) is 49.8 Å². The zero-order valence-electron chi connectivity index (χ0n) is 11.7. The maximum atomic E-state index is 12.6. The number of imide groups is 1. The summed E-state index contributed by atoms with van der Waals surface area (Å²) in [6.45, 7) is 4.06. The van der Waals surface area contributed by atoms with E-state index in [1.807, 2.05) is 13.0 Å². The van der Waals surface area contributed by atoms with Crippen LogP contribution in [-0.4, -0.2) is 11.8 Å². The number of hydrogen-bond donors (Lipinski definition) is 0. The van der Waals surface area contributed by atoms with E-state index in [4.69, 9.17) is 11.6 Å². The van der Waals surface area contributed by atoms with Crippen molar-refractivity contribution in [2.24, 2.45) is 17.8 Å². The van der Waals surface area contributed by atoms with Crippen LogP contribution in [0.2, 0.25) is 5.02 Å². The number of anilines is 1. The predicted octanol–water partition coefficient (Wildman–Crippen LogP) is 3.57. The molecule has 1 saturated carbocycles. The molecule has 0 unspecified atom stereocenters. The minimum atomic E-state index is -0.133. The fourth-order valence-corrected chi connectivity index (χ4v) is 3.54. The topological polar surface area (TPSA) is 37.4 Å². The number of hydrogen-bond acceptors (Lipinski definition) is 2. The van der Waals surface area contributed by atoms with Crippen LogP contribution in [-0.2, 0) is 9.59 Å². The molecule has 1 heterocycles. The second-order valence-electron chi connectivity index (χ2n) is 6.08. The third kappa shape index (κ3) is 2.05. The number of carbonyl (C=O) groups excluding carboxylic acids is 2. The van der Waals surface area contributed by atoms with E-state index in [2.05, 4.69) is 6.92 Å². The summed E-state index contributed by atoms with van der Waals surface area (Å²) in [6.07, 6.45) is 2.68. The normalized spacial score (nSPS) is 29.8. The number of amides is 2. The number of fused-ring (bicyclic) bond motifs is 1. The van der Waals surface area contributed by atoms with Crippen molar-refractivity contribution in [3.8, 4) is 0 Å². The van der Waals surface area contributed by atoms with Crippen LogP contribution in [0, 0.1) is 24.7 Å². The van der Waals surface area contributed by atoms with Gasteiger partial charge in [0.05, 0.1) is 17.5 Å². The summed E-state index contributed by atoms with van der Waals surface area (Å²) < 4.78 is 0. The number of aryl methyl sites for hydroxylation is 1. The van der Waals surface area contributed by atoms with Crippen LogP contribution in [0.25, 0.3) is 0 Å². The first-order valence-corrected chi connectivity index (χ1v) is 7.51. The van der Waals surface area contributed by atoms with Crippen molar-refractivity contribution in [3.05, 3.63) is 28.8 Å². The molecule has 0 bridgehead atoms. The van der Waals surface area contributed by atoms with Crippen molar-refractivity contribution in [1.29, 1.82) is 0 Å². The Hall–Kier alpha value is -1.35. The minimum absolute atomic E-state index is 0.0492. The van der Waals surface area contributed by atoms with Crippen molar-refractivity contribution in [1.82, 2.24) is 0 Å². The van der Waals surface area contributed by atoms with E-state index in [0.717, 1.165) is 24.8 Å². The Bertz CT molecular complexity index is 584. The van der Waals surface area contributed by atoms with Crippen LogP contribution in [0.15, 0.2) is 18.2 Å². The van der Waals surface area contributed by atoms with E-state index in [-0.39, 0.29) is 23.7 Å². The molecule has 0 N–H and O–H groups in total. The zero-order chi connectivity index (χ0) is 14.4. The monoisotopic (exact) mass is 291 g/mol. The summed E-state index contributed by atoms with van der Waals surface area (Å²) in [5.41, 5.74) is 1.55. The number of nitrogens with zero attached hydrogens (tertiary/aromatic N) is 1. The zero-order valence-corrected chi connectivity index (χ0v) is 12.5.